The van der Waals surface area contributed by atoms with Crippen molar-refractivity contribution in [3.63, 3.8) is 0 Å². The van der Waals surface area contributed by atoms with E-state index in [2.05, 4.69) is 0 Å². The maximum atomic E-state index is 9.68. The van der Waals surface area contributed by atoms with Crippen LogP contribution in [0.3, 0.4) is 0 Å². The van der Waals surface area contributed by atoms with Crippen LogP contribution < -0.4 is 5.73 Å². The van der Waals surface area contributed by atoms with Gasteiger partial charge in [-0.1, -0.05) is 6.07 Å². The molecule has 1 rings (SSSR count). The van der Waals surface area contributed by atoms with Crippen LogP contribution in [0.1, 0.15) is 31.2 Å². The summed E-state index contributed by atoms with van der Waals surface area (Å²) in [6.45, 7) is 3.84. The van der Waals surface area contributed by atoms with Gasteiger partial charge in [-0.25, -0.2) is 0 Å². The number of rotatable bonds is 3. The second kappa shape index (κ2) is 3.56. The van der Waals surface area contributed by atoms with Crippen LogP contribution in [0.2, 0.25) is 0 Å². The molecule has 0 amide bonds. The quantitative estimate of drug-likeness (QED) is 0.755. The molecule has 0 saturated carbocycles. The van der Waals surface area contributed by atoms with Crippen LogP contribution in [0, 0.1) is 0 Å². The van der Waals surface area contributed by atoms with Crippen molar-refractivity contribution in [3.8, 4) is 0 Å². The van der Waals surface area contributed by atoms with Gasteiger partial charge in [-0.3, -0.25) is 0 Å². The predicted octanol–water partition coefficient (Wildman–Crippen LogP) is 1.91. The molecule has 0 aliphatic carbocycles. The van der Waals surface area contributed by atoms with Gasteiger partial charge in [-0.2, -0.15) is 0 Å². The molecule has 2 nitrogen and oxygen atoms in total. The molecule has 1 aromatic heterocycles. The van der Waals surface area contributed by atoms with E-state index in [1.807, 2.05) is 31.4 Å². The van der Waals surface area contributed by atoms with Crippen molar-refractivity contribution in [2.24, 2.45) is 5.73 Å². The number of aliphatic hydroxyl groups excluding tert-OH is 1. The van der Waals surface area contributed by atoms with Crippen molar-refractivity contribution in [3.05, 3.63) is 22.4 Å². The molecule has 1 unspecified atom stereocenters. The summed E-state index contributed by atoms with van der Waals surface area (Å²) in [4.78, 5) is 0.994. The lowest BCUT2D eigenvalue weighted by Gasteiger charge is -2.21. The number of hydrogen-bond acceptors (Lipinski definition) is 3. The third-order valence-corrected chi connectivity index (χ3v) is 2.56. The second-order valence-corrected chi connectivity index (χ2v) is 4.70. The highest BCUT2D eigenvalue weighted by molar-refractivity contribution is 7.10. The highest BCUT2D eigenvalue weighted by Gasteiger charge is 2.18. The Hall–Kier alpha value is -0.380. The Morgan fingerprint density at radius 1 is 1.67 bits per heavy atom. The van der Waals surface area contributed by atoms with Crippen molar-refractivity contribution < 1.29 is 5.11 Å². The van der Waals surface area contributed by atoms with E-state index in [0.717, 1.165) is 4.88 Å². The van der Waals surface area contributed by atoms with Gasteiger partial charge in [0.2, 0.25) is 0 Å². The van der Waals surface area contributed by atoms with Gasteiger partial charge in [0, 0.05) is 10.4 Å². The van der Waals surface area contributed by atoms with Crippen LogP contribution in [-0.4, -0.2) is 10.6 Å². The van der Waals surface area contributed by atoms with Gasteiger partial charge in [0.1, 0.15) is 0 Å². The maximum Gasteiger partial charge on any atom is 0.0899 e. The SMILES string of the molecule is CC(C)(N)CC(O)c1cccs1. The molecule has 1 aromatic rings. The summed E-state index contributed by atoms with van der Waals surface area (Å²) < 4.78 is 0. The topological polar surface area (TPSA) is 46.2 Å². The van der Waals surface area contributed by atoms with Crippen LogP contribution >= 0.6 is 11.3 Å². The molecule has 0 aromatic carbocycles. The average Bonchev–Trinajstić information content (AvgIpc) is 2.32. The van der Waals surface area contributed by atoms with Gasteiger partial charge in [0.15, 0.2) is 0 Å². The van der Waals surface area contributed by atoms with E-state index in [4.69, 9.17) is 5.73 Å². The summed E-state index contributed by atoms with van der Waals surface area (Å²) in [7, 11) is 0. The molecule has 1 heterocycles. The molecular weight excluding hydrogens is 170 g/mol. The van der Waals surface area contributed by atoms with Crippen molar-refractivity contribution in [2.75, 3.05) is 0 Å². The van der Waals surface area contributed by atoms with E-state index in [1.165, 1.54) is 0 Å². The molecule has 68 valence electrons. The van der Waals surface area contributed by atoms with Crippen LogP contribution in [-0.2, 0) is 0 Å². The van der Waals surface area contributed by atoms with E-state index < -0.39 is 6.10 Å². The number of thiophene rings is 1. The van der Waals surface area contributed by atoms with Gasteiger partial charge in [-0.15, -0.1) is 11.3 Å². The van der Waals surface area contributed by atoms with E-state index >= 15 is 0 Å². The first kappa shape index (κ1) is 9.71. The first-order chi connectivity index (χ1) is 5.49. The summed E-state index contributed by atoms with van der Waals surface area (Å²) in [6, 6.07) is 3.87. The average molecular weight is 185 g/mol. The minimum Gasteiger partial charge on any atom is -0.388 e. The maximum absolute atomic E-state index is 9.68. The number of nitrogens with two attached hydrogens (primary N) is 1. The third kappa shape index (κ3) is 2.93. The fourth-order valence-corrected chi connectivity index (χ4v) is 1.79. The Kier molecular flexibility index (Phi) is 2.88. The largest absolute Gasteiger partial charge is 0.388 e. The smallest absolute Gasteiger partial charge is 0.0899 e. The summed E-state index contributed by atoms with van der Waals surface area (Å²) in [5.41, 5.74) is 5.48. The lowest BCUT2D eigenvalue weighted by atomic mass is 9.97. The summed E-state index contributed by atoms with van der Waals surface area (Å²) in [5, 5.41) is 11.6. The van der Waals surface area contributed by atoms with Crippen molar-refractivity contribution in [1.82, 2.24) is 0 Å². The van der Waals surface area contributed by atoms with Crippen LogP contribution in [0.4, 0.5) is 0 Å². The molecule has 12 heavy (non-hydrogen) atoms. The van der Waals surface area contributed by atoms with Crippen LogP contribution in [0.5, 0.6) is 0 Å². The molecule has 0 aliphatic rings. The summed E-state index contributed by atoms with van der Waals surface area (Å²) in [5.74, 6) is 0. The highest BCUT2D eigenvalue weighted by Crippen LogP contribution is 2.25. The Morgan fingerprint density at radius 2 is 2.33 bits per heavy atom. The van der Waals surface area contributed by atoms with Gasteiger partial charge < -0.3 is 10.8 Å². The molecule has 0 saturated heterocycles. The van der Waals surface area contributed by atoms with E-state index in [9.17, 15) is 5.11 Å². The monoisotopic (exact) mass is 185 g/mol. The lowest BCUT2D eigenvalue weighted by Crippen LogP contribution is -2.33. The highest BCUT2D eigenvalue weighted by atomic mass is 32.1. The first-order valence-electron chi connectivity index (χ1n) is 3.99. The Bertz CT molecular complexity index is 225. The van der Waals surface area contributed by atoms with Crippen LogP contribution in [0.25, 0.3) is 0 Å². The Balaban J connectivity index is 2.56. The molecular formula is C9H15NOS. The predicted molar refractivity (Wildman–Crippen MR) is 52.2 cm³/mol. The normalized spacial score (nSPS) is 14.7. The zero-order chi connectivity index (χ0) is 9.19. The minimum atomic E-state index is -0.412. The molecule has 1 atom stereocenters. The molecule has 0 spiro atoms. The van der Waals surface area contributed by atoms with Crippen molar-refractivity contribution >= 4 is 11.3 Å². The molecule has 3 N–H and O–H groups in total. The Labute approximate surface area is 77.0 Å². The van der Waals surface area contributed by atoms with Gasteiger partial charge in [-0.05, 0) is 31.7 Å². The molecule has 0 bridgehead atoms. The van der Waals surface area contributed by atoms with Gasteiger partial charge in [0.05, 0.1) is 6.10 Å². The minimum absolute atomic E-state index is 0.302. The van der Waals surface area contributed by atoms with E-state index in [0.29, 0.717) is 6.42 Å². The fourth-order valence-electron chi connectivity index (χ4n) is 1.08. The van der Waals surface area contributed by atoms with Crippen LogP contribution in [0.15, 0.2) is 17.5 Å². The molecule has 3 heteroatoms. The first-order valence-corrected chi connectivity index (χ1v) is 4.87. The Morgan fingerprint density at radius 3 is 2.75 bits per heavy atom. The standard InChI is InChI=1S/C9H15NOS/c1-9(2,10)6-7(11)8-4-3-5-12-8/h3-5,7,11H,6,10H2,1-2H3. The van der Waals surface area contributed by atoms with Gasteiger partial charge >= 0.3 is 0 Å². The van der Waals surface area contributed by atoms with Crippen molar-refractivity contribution in [2.45, 2.75) is 31.9 Å². The lowest BCUT2D eigenvalue weighted by molar-refractivity contribution is 0.145. The zero-order valence-electron chi connectivity index (χ0n) is 7.45. The fraction of sp³-hybridized carbons (Fsp3) is 0.556. The second-order valence-electron chi connectivity index (χ2n) is 3.72. The summed E-state index contributed by atoms with van der Waals surface area (Å²) >= 11 is 1.57. The third-order valence-electron chi connectivity index (χ3n) is 1.59. The number of aliphatic hydroxyl groups is 1. The molecule has 0 aliphatic heterocycles. The van der Waals surface area contributed by atoms with E-state index in [-0.39, 0.29) is 5.54 Å². The van der Waals surface area contributed by atoms with Crippen molar-refractivity contribution in [1.29, 1.82) is 0 Å². The van der Waals surface area contributed by atoms with E-state index in [1.54, 1.807) is 11.3 Å². The summed E-state index contributed by atoms with van der Waals surface area (Å²) in [6.07, 6.45) is 0.193. The number of hydrogen-bond donors (Lipinski definition) is 2. The molecule has 0 radical (unpaired) electrons. The zero-order valence-corrected chi connectivity index (χ0v) is 8.27. The molecule has 0 fully saturated rings. The van der Waals surface area contributed by atoms with Gasteiger partial charge in [0.25, 0.3) is 0 Å².